The van der Waals surface area contributed by atoms with Gasteiger partial charge in [0.25, 0.3) is 11.8 Å². The van der Waals surface area contributed by atoms with Crippen molar-refractivity contribution < 1.29 is 22.8 Å². The average molecular weight is 364 g/mol. The number of hydrogen-bond acceptors (Lipinski definition) is 2. The van der Waals surface area contributed by atoms with Gasteiger partial charge in [0.15, 0.2) is 0 Å². The Morgan fingerprint density at radius 1 is 0.962 bits per heavy atom. The zero-order valence-corrected chi connectivity index (χ0v) is 14.4. The second-order valence-corrected chi connectivity index (χ2v) is 5.86. The van der Waals surface area contributed by atoms with E-state index in [9.17, 15) is 22.8 Å². The van der Waals surface area contributed by atoms with Crippen LogP contribution in [0, 0.1) is 0 Å². The maximum absolute atomic E-state index is 13.0. The van der Waals surface area contributed by atoms with E-state index in [0.29, 0.717) is 5.56 Å². The third-order valence-electron chi connectivity index (χ3n) is 3.88. The Morgan fingerprint density at radius 2 is 1.50 bits per heavy atom. The summed E-state index contributed by atoms with van der Waals surface area (Å²) in [6.07, 6.45) is -3.79. The topological polar surface area (TPSA) is 58.2 Å². The molecule has 0 aliphatic heterocycles. The summed E-state index contributed by atoms with van der Waals surface area (Å²) in [5, 5.41) is 5.06. The Balaban J connectivity index is 2.13. The SMILES string of the molecule is CCC(C)NC(=O)c1ccc(C(=O)Nc2ccccc2C(F)(F)F)cc1. The normalized spacial score (nSPS) is 12.3. The fourth-order valence-corrected chi connectivity index (χ4v) is 2.22. The Morgan fingerprint density at radius 3 is 2.04 bits per heavy atom. The zero-order chi connectivity index (χ0) is 19.3. The van der Waals surface area contributed by atoms with E-state index in [1.807, 2.05) is 13.8 Å². The highest BCUT2D eigenvalue weighted by molar-refractivity contribution is 6.05. The fourth-order valence-electron chi connectivity index (χ4n) is 2.22. The molecule has 4 nitrogen and oxygen atoms in total. The highest BCUT2D eigenvalue weighted by Crippen LogP contribution is 2.34. The Labute approximate surface area is 149 Å². The molecule has 0 spiro atoms. The first-order chi connectivity index (χ1) is 12.2. The average Bonchev–Trinajstić information content (AvgIpc) is 2.61. The van der Waals surface area contributed by atoms with Crippen molar-refractivity contribution in [3.8, 4) is 0 Å². The zero-order valence-electron chi connectivity index (χ0n) is 14.4. The Kier molecular flexibility index (Phi) is 6.02. The van der Waals surface area contributed by atoms with Crippen LogP contribution in [0.3, 0.4) is 0 Å². The molecule has 0 heterocycles. The summed E-state index contributed by atoms with van der Waals surface area (Å²) in [6, 6.07) is 10.5. The van der Waals surface area contributed by atoms with Gasteiger partial charge in [0, 0.05) is 17.2 Å². The molecule has 0 fully saturated rings. The molecule has 2 N–H and O–H groups in total. The van der Waals surface area contributed by atoms with Crippen LogP contribution < -0.4 is 10.6 Å². The molecule has 0 radical (unpaired) electrons. The first-order valence-corrected chi connectivity index (χ1v) is 8.11. The van der Waals surface area contributed by atoms with E-state index in [-0.39, 0.29) is 23.2 Å². The second-order valence-electron chi connectivity index (χ2n) is 5.86. The number of benzene rings is 2. The summed E-state index contributed by atoms with van der Waals surface area (Å²) >= 11 is 0. The molecule has 0 aromatic heterocycles. The molecule has 26 heavy (non-hydrogen) atoms. The molecule has 2 aromatic carbocycles. The lowest BCUT2D eigenvalue weighted by molar-refractivity contribution is -0.136. The lowest BCUT2D eigenvalue weighted by atomic mass is 10.1. The predicted molar refractivity (Wildman–Crippen MR) is 93.1 cm³/mol. The van der Waals surface area contributed by atoms with Crippen molar-refractivity contribution in [2.75, 3.05) is 5.32 Å². The summed E-state index contributed by atoms with van der Waals surface area (Å²) in [5.41, 5.74) is -0.707. The van der Waals surface area contributed by atoms with Gasteiger partial charge in [-0.2, -0.15) is 13.2 Å². The van der Waals surface area contributed by atoms with E-state index in [1.54, 1.807) is 0 Å². The van der Waals surface area contributed by atoms with Crippen LogP contribution >= 0.6 is 0 Å². The van der Waals surface area contributed by atoms with Gasteiger partial charge in [0.1, 0.15) is 0 Å². The molecule has 1 unspecified atom stereocenters. The van der Waals surface area contributed by atoms with E-state index >= 15 is 0 Å². The van der Waals surface area contributed by atoms with Crippen LogP contribution in [-0.2, 0) is 6.18 Å². The summed E-state index contributed by atoms with van der Waals surface area (Å²) in [7, 11) is 0. The number of amides is 2. The number of carbonyl (C=O) groups is 2. The van der Waals surface area contributed by atoms with Gasteiger partial charge in [-0.1, -0.05) is 19.1 Å². The summed E-state index contributed by atoms with van der Waals surface area (Å²) in [4.78, 5) is 24.2. The summed E-state index contributed by atoms with van der Waals surface area (Å²) < 4.78 is 38.9. The second kappa shape index (κ2) is 8.03. The molecule has 2 rings (SSSR count). The van der Waals surface area contributed by atoms with Crippen molar-refractivity contribution in [3.63, 3.8) is 0 Å². The van der Waals surface area contributed by atoms with Gasteiger partial charge in [-0.25, -0.2) is 0 Å². The minimum absolute atomic E-state index is 0.0179. The number of nitrogens with one attached hydrogen (secondary N) is 2. The maximum Gasteiger partial charge on any atom is 0.418 e. The van der Waals surface area contributed by atoms with Crippen LogP contribution in [-0.4, -0.2) is 17.9 Å². The molecule has 0 saturated carbocycles. The van der Waals surface area contributed by atoms with Crippen LogP contribution in [0.2, 0.25) is 0 Å². The predicted octanol–water partition coefficient (Wildman–Crippen LogP) is 4.49. The number of anilines is 1. The van der Waals surface area contributed by atoms with Crippen LogP contribution in [0.25, 0.3) is 0 Å². The molecule has 0 bridgehead atoms. The van der Waals surface area contributed by atoms with Crippen LogP contribution in [0.15, 0.2) is 48.5 Å². The van der Waals surface area contributed by atoms with Crippen molar-refractivity contribution in [1.29, 1.82) is 0 Å². The quantitative estimate of drug-likeness (QED) is 0.821. The third-order valence-corrected chi connectivity index (χ3v) is 3.88. The highest BCUT2D eigenvalue weighted by Gasteiger charge is 2.33. The number of halogens is 3. The van der Waals surface area contributed by atoms with Crippen molar-refractivity contribution in [2.24, 2.45) is 0 Å². The van der Waals surface area contributed by atoms with Crippen molar-refractivity contribution >= 4 is 17.5 Å². The molecule has 138 valence electrons. The molecular formula is C19H19F3N2O2. The molecule has 0 aliphatic rings. The highest BCUT2D eigenvalue weighted by atomic mass is 19.4. The van der Waals surface area contributed by atoms with E-state index in [1.165, 1.54) is 42.5 Å². The largest absolute Gasteiger partial charge is 0.418 e. The first kappa shape index (κ1) is 19.5. The van der Waals surface area contributed by atoms with Crippen molar-refractivity contribution in [3.05, 3.63) is 65.2 Å². The third kappa shape index (κ3) is 4.84. The molecule has 7 heteroatoms. The molecule has 2 amide bonds. The van der Waals surface area contributed by atoms with Crippen molar-refractivity contribution in [2.45, 2.75) is 32.5 Å². The van der Waals surface area contributed by atoms with Gasteiger partial charge in [-0.05, 0) is 49.7 Å². The molecule has 0 aliphatic carbocycles. The minimum Gasteiger partial charge on any atom is -0.350 e. The number of carbonyl (C=O) groups excluding carboxylic acids is 2. The number of hydrogen-bond donors (Lipinski definition) is 2. The lowest BCUT2D eigenvalue weighted by Crippen LogP contribution is -2.31. The van der Waals surface area contributed by atoms with Gasteiger partial charge in [0.05, 0.1) is 11.3 Å². The Hall–Kier alpha value is -2.83. The van der Waals surface area contributed by atoms with Gasteiger partial charge in [0.2, 0.25) is 0 Å². The monoisotopic (exact) mass is 364 g/mol. The molecule has 1 atom stereocenters. The van der Waals surface area contributed by atoms with Gasteiger partial charge < -0.3 is 10.6 Å². The van der Waals surface area contributed by atoms with E-state index in [4.69, 9.17) is 0 Å². The van der Waals surface area contributed by atoms with Crippen LogP contribution in [0.5, 0.6) is 0 Å². The van der Waals surface area contributed by atoms with Crippen LogP contribution in [0.1, 0.15) is 46.5 Å². The van der Waals surface area contributed by atoms with Crippen LogP contribution in [0.4, 0.5) is 18.9 Å². The molecule has 2 aromatic rings. The lowest BCUT2D eigenvalue weighted by Gasteiger charge is -2.14. The number of rotatable bonds is 5. The fraction of sp³-hybridized carbons (Fsp3) is 0.263. The van der Waals surface area contributed by atoms with Crippen molar-refractivity contribution in [1.82, 2.24) is 5.32 Å². The van der Waals surface area contributed by atoms with Gasteiger partial charge in [-0.15, -0.1) is 0 Å². The minimum atomic E-state index is -4.57. The maximum atomic E-state index is 13.0. The molecule has 0 saturated heterocycles. The first-order valence-electron chi connectivity index (χ1n) is 8.11. The standard InChI is InChI=1S/C19H19F3N2O2/c1-3-12(2)23-17(25)13-8-10-14(11-9-13)18(26)24-16-7-5-4-6-15(16)19(20,21)22/h4-12H,3H2,1-2H3,(H,23,25)(H,24,26). The number of para-hydroxylation sites is 1. The summed E-state index contributed by atoms with van der Waals surface area (Å²) in [6.45, 7) is 3.81. The van der Waals surface area contributed by atoms with E-state index < -0.39 is 17.6 Å². The van der Waals surface area contributed by atoms with Gasteiger partial charge >= 0.3 is 6.18 Å². The Bertz CT molecular complexity index is 786. The van der Waals surface area contributed by atoms with Gasteiger partial charge in [-0.3, -0.25) is 9.59 Å². The summed E-state index contributed by atoms with van der Waals surface area (Å²) in [5.74, 6) is -0.954. The smallest absolute Gasteiger partial charge is 0.350 e. The number of alkyl halides is 3. The molecular weight excluding hydrogens is 345 g/mol. The van der Waals surface area contributed by atoms with E-state index in [0.717, 1.165) is 12.5 Å². The van der Waals surface area contributed by atoms with E-state index in [2.05, 4.69) is 10.6 Å².